The molecule has 1 saturated heterocycles. The lowest BCUT2D eigenvalue weighted by Crippen LogP contribution is -2.35. The summed E-state index contributed by atoms with van der Waals surface area (Å²) in [6, 6.07) is 31.5. The van der Waals surface area contributed by atoms with E-state index in [-0.39, 0.29) is 0 Å². The lowest BCUT2D eigenvalue weighted by atomic mass is 9.80. The summed E-state index contributed by atoms with van der Waals surface area (Å²) in [6.45, 7) is 4.97. The van der Waals surface area contributed by atoms with Gasteiger partial charge in [-0.3, -0.25) is 0 Å². The molecule has 0 N–H and O–H groups in total. The van der Waals surface area contributed by atoms with Crippen LogP contribution in [0.3, 0.4) is 0 Å². The quantitative estimate of drug-likeness (QED) is 0.415. The molecule has 0 saturated carbocycles. The molecule has 2 nitrogen and oxygen atoms in total. The first-order valence-electron chi connectivity index (χ1n) is 9.68. The van der Waals surface area contributed by atoms with Gasteiger partial charge in [-0.2, -0.15) is 0 Å². The van der Waals surface area contributed by atoms with E-state index < -0.39 is 5.60 Å². The standard InChI is InChI=1S/C25H26O2/c1-19(24-20(2)27-24)18-26-25(21-12-6-3-7-13-21,22-14-8-4-9-15-22)23-16-10-5-11-17-23/h3-17,19-20,24H,18H2,1-2H3/t19-,20+,24-/m0/s1. The van der Waals surface area contributed by atoms with Crippen molar-refractivity contribution in [1.29, 1.82) is 0 Å². The summed E-state index contributed by atoms with van der Waals surface area (Å²) in [4.78, 5) is 0. The van der Waals surface area contributed by atoms with Crippen molar-refractivity contribution in [2.75, 3.05) is 6.61 Å². The van der Waals surface area contributed by atoms with Crippen LogP contribution in [0.15, 0.2) is 91.0 Å². The summed E-state index contributed by atoms with van der Waals surface area (Å²) in [6.07, 6.45) is 0.633. The van der Waals surface area contributed by atoms with Crippen LogP contribution in [0.1, 0.15) is 30.5 Å². The molecule has 0 aromatic heterocycles. The van der Waals surface area contributed by atoms with Gasteiger partial charge >= 0.3 is 0 Å². The van der Waals surface area contributed by atoms with Crippen LogP contribution < -0.4 is 0 Å². The number of hydrogen-bond acceptors (Lipinski definition) is 2. The average Bonchev–Trinajstić information content (AvgIpc) is 3.47. The van der Waals surface area contributed by atoms with Crippen LogP contribution in [0.5, 0.6) is 0 Å². The van der Waals surface area contributed by atoms with Crippen molar-refractivity contribution in [3.63, 3.8) is 0 Å². The molecule has 1 fully saturated rings. The molecule has 0 aliphatic carbocycles. The summed E-state index contributed by atoms with van der Waals surface area (Å²) in [5.41, 5.74) is 2.77. The van der Waals surface area contributed by atoms with Gasteiger partial charge in [0.2, 0.25) is 0 Å². The Morgan fingerprint density at radius 2 is 1.15 bits per heavy atom. The number of ether oxygens (including phenoxy) is 2. The summed E-state index contributed by atoms with van der Waals surface area (Å²) in [5.74, 6) is 0.343. The van der Waals surface area contributed by atoms with Crippen molar-refractivity contribution in [2.24, 2.45) is 5.92 Å². The lowest BCUT2D eigenvalue weighted by molar-refractivity contribution is -0.00959. The molecule has 0 unspecified atom stereocenters. The van der Waals surface area contributed by atoms with Crippen LogP contribution in [0.4, 0.5) is 0 Å². The second kappa shape index (κ2) is 7.67. The fourth-order valence-corrected chi connectivity index (χ4v) is 3.92. The van der Waals surface area contributed by atoms with Crippen LogP contribution in [0.2, 0.25) is 0 Å². The molecule has 1 heterocycles. The number of rotatable bonds is 7. The smallest absolute Gasteiger partial charge is 0.143 e. The van der Waals surface area contributed by atoms with Crippen LogP contribution in [0.25, 0.3) is 0 Å². The third kappa shape index (κ3) is 3.55. The molecular weight excluding hydrogens is 332 g/mol. The highest BCUT2D eigenvalue weighted by atomic mass is 16.6. The maximum Gasteiger partial charge on any atom is 0.143 e. The minimum Gasteiger partial charge on any atom is -0.370 e. The van der Waals surface area contributed by atoms with Crippen molar-refractivity contribution >= 4 is 0 Å². The van der Waals surface area contributed by atoms with Crippen LogP contribution in [-0.2, 0) is 15.1 Å². The molecule has 0 spiro atoms. The van der Waals surface area contributed by atoms with Gasteiger partial charge in [-0.15, -0.1) is 0 Å². The Labute approximate surface area is 161 Å². The number of epoxide rings is 1. The van der Waals surface area contributed by atoms with Gasteiger partial charge in [0, 0.05) is 5.92 Å². The van der Waals surface area contributed by atoms with Crippen LogP contribution in [0, 0.1) is 5.92 Å². The van der Waals surface area contributed by atoms with Gasteiger partial charge in [0.1, 0.15) is 5.60 Å². The molecule has 0 amide bonds. The molecule has 2 heteroatoms. The highest BCUT2D eigenvalue weighted by Crippen LogP contribution is 2.41. The highest BCUT2D eigenvalue weighted by Gasteiger charge is 2.42. The Bertz CT molecular complexity index is 749. The zero-order chi connectivity index (χ0) is 18.7. The van der Waals surface area contributed by atoms with Crippen molar-refractivity contribution in [3.8, 4) is 0 Å². The minimum absolute atomic E-state index is 0.296. The third-order valence-electron chi connectivity index (χ3n) is 5.42. The van der Waals surface area contributed by atoms with Gasteiger partial charge < -0.3 is 9.47 Å². The van der Waals surface area contributed by atoms with Gasteiger partial charge in [-0.1, -0.05) is 97.9 Å². The molecule has 1 aliphatic heterocycles. The number of hydrogen-bond donors (Lipinski definition) is 0. The van der Waals surface area contributed by atoms with E-state index in [9.17, 15) is 0 Å². The zero-order valence-corrected chi connectivity index (χ0v) is 15.9. The highest BCUT2D eigenvalue weighted by molar-refractivity contribution is 5.47. The van der Waals surface area contributed by atoms with Crippen molar-refractivity contribution in [1.82, 2.24) is 0 Å². The van der Waals surface area contributed by atoms with Crippen molar-refractivity contribution in [2.45, 2.75) is 31.7 Å². The average molecular weight is 358 g/mol. The Balaban J connectivity index is 1.81. The summed E-state index contributed by atoms with van der Waals surface area (Å²) in [7, 11) is 0. The topological polar surface area (TPSA) is 21.8 Å². The van der Waals surface area contributed by atoms with E-state index >= 15 is 0 Å². The fourth-order valence-electron chi connectivity index (χ4n) is 3.92. The second-order valence-electron chi connectivity index (χ2n) is 7.37. The molecule has 4 rings (SSSR count). The molecule has 1 aliphatic rings. The fraction of sp³-hybridized carbons (Fsp3) is 0.280. The van der Waals surface area contributed by atoms with E-state index in [2.05, 4.69) is 86.6 Å². The zero-order valence-electron chi connectivity index (χ0n) is 15.9. The molecule has 3 aromatic carbocycles. The largest absolute Gasteiger partial charge is 0.370 e. The predicted octanol–water partition coefficient (Wildman–Crippen LogP) is 5.42. The molecule has 27 heavy (non-hydrogen) atoms. The Kier molecular flexibility index (Phi) is 5.11. The number of benzene rings is 3. The van der Waals surface area contributed by atoms with E-state index in [4.69, 9.17) is 9.47 Å². The van der Waals surface area contributed by atoms with E-state index in [1.165, 1.54) is 0 Å². The molecule has 0 bridgehead atoms. The van der Waals surface area contributed by atoms with Gasteiger partial charge in [-0.25, -0.2) is 0 Å². The second-order valence-corrected chi connectivity index (χ2v) is 7.37. The first kappa shape index (κ1) is 18.0. The van der Waals surface area contributed by atoms with E-state index in [0.717, 1.165) is 16.7 Å². The van der Waals surface area contributed by atoms with E-state index in [1.807, 2.05) is 18.2 Å². The maximum absolute atomic E-state index is 6.82. The Hall–Kier alpha value is -2.42. The maximum atomic E-state index is 6.82. The third-order valence-corrected chi connectivity index (χ3v) is 5.42. The summed E-state index contributed by atoms with van der Waals surface area (Å²) >= 11 is 0. The molecule has 3 atom stereocenters. The van der Waals surface area contributed by atoms with Gasteiger partial charge in [-0.05, 0) is 23.6 Å². The van der Waals surface area contributed by atoms with Gasteiger partial charge in [0.05, 0.1) is 18.8 Å². The van der Waals surface area contributed by atoms with E-state index in [0.29, 0.717) is 24.7 Å². The molecular formula is C25H26O2. The Morgan fingerprint density at radius 1 is 0.778 bits per heavy atom. The minimum atomic E-state index is -0.643. The van der Waals surface area contributed by atoms with Crippen molar-refractivity contribution in [3.05, 3.63) is 108 Å². The molecule has 3 aromatic rings. The van der Waals surface area contributed by atoms with Crippen LogP contribution in [-0.4, -0.2) is 18.8 Å². The summed E-state index contributed by atoms with van der Waals surface area (Å²) < 4.78 is 12.5. The van der Waals surface area contributed by atoms with Crippen LogP contribution >= 0.6 is 0 Å². The van der Waals surface area contributed by atoms with Crippen molar-refractivity contribution < 1.29 is 9.47 Å². The lowest BCUT2D eigenvalue weighted by Gasteiger charge is -2.36. The monoisotopic (exact) mass is 358 g/mol. The normalized spacial score (nSPS) is 20.2. The first-order valence-corrected chi connectivity index (χ1v) is 9.68. The molecule has 0 radical (unpaired) electrons. The predicted molar refractivity (Wildman–Crippen MR) is 109 cm³/mol. The summed E-state index contributed by atoms with van der Waals surface area (Å²) in [5, 5.41) is 0. The van der Waals surface area contributed by atoms with Gasteiger partial charge in [0.25, 0.3) is 0 Å². The Morgan fingerprint density at radius 3 is 1.48 bits per heavy atom. The SMILES string of the molecule is C[C@@H](COC(c1ccccc1)(c1ccccc1)c1ccccc1)[C@@H]1O[C@@H]1C. The van der Waals surface area contributed by atoms with Gasteiger partial charge in [0.15, 0.2) is 0 Å². The molecule has 138 valence electrons. The van der Waals surface area contributed by atoms with E-state index in [1.54, 1.807) is 0 Å². The first-order chi connectivity index (χ1) is 13.2.